The molecule has 4 rings (SSSR count). The predicted octanol–water partition coefficient (Wildman–Crippen LogP) is 1.63. The maximum Gasteiger partial charge on any atom is 0.321 e. The van der Waals surface area contributed by atoms with Gasteiger partial charge in [0.2, 0.25) is 0 Å². The maximum absolute atomic E-state index is 12.6. The Morgan fingerprint density at radius 3 is 2.56 bits per heavy atom. The first-order chi connectivity index (χ1) is 13.2. The van der Waals surface area contributed by atoms with Gasteiger partial charge >= 0.3 is 6.03 Å². The van der Waals surface area contributed by atoms with E-state index < -0.39 is 0 Å². The lowest BCUT2D eigenvalue weighted by Gasteiger charge is -2.36. The minimum atomic E-state index is -0.0994. The zero-order valence-corrected chi connectivity index (χ0v) is 15.0. The fourth-order valence-corrected chi connectivity index (χ4v) is 3.14. The molecule has 1 N–H and O–H groups in total. The van der Waals surface area contributed by atoms with Crippen molar-refractivity contribution in [1.82, 2.24) is 30.1 Å². The van der Waals surface area contributed by atoms with Gasteiger partial charge in [-0.1, -0.05) is 12.1 Å². The molecule has 2 amide bonds. The quantitative estimate of drug-likeness (QED) is 0.759. The zero-order valence-electron chi connectivity index (χ0n) is 15.0. The van der Waals surface area contributed by atoms with Gasteiger partial charge < -0.3 is 15.1 Å². The molecule has 0 saturated carbocycles. The van der Waals surface area contributed by atoms with Crippen LogP contribution in [-0.4, -0.2) is 62.3 Å². The standard InChI is InChI=1S/C18H20N8O/c1-24-17(21-22-23-24)14-3-2-4-15(13-14)20-18(27)26-11-9-25(10-12-26)16-5-7-19-8-6-16/h2-8,13H,9-12H2,1H3,(H,20,27). The summed E-state index contributed by atoms with van der Waals surface area (Å²) in [5.74, 6) is 0.650. The van der Waals surface area contributed by atoms with E-state index in [0.717, 1.165) is 30.0 Å². The Hall–Kier alpha value is -3.49. The Kier molecular flexibility index (Phi) is 4.65. The molecule has 0 aliphatic carbocycles. The lowest BCUT2D eigenvalue weighted by Crippen LogP contribution is -2.50. The molecule has 0 bridgehead atoms. The molecule has 3 aromatic rings. The van der Waals surface area contributed by atoms with Gasteiger partial charge in [-0.25, -0.2) is 9.48 Å². The Balaban J connectivity index is 1.38. The van der Waals surface area contributed by atoms with Crippen LogP contribution >= 0.6 is 0 Å². The van der Waals surface area contributed by atoms with Crippen LogP contribution in [0, 0.1) is 0 Å². The first-order valence-corrected chi connectivity index (χ1v) is 8.74. The summed E-state index contributed by atoms with van der Waals surface area (Å²) in [6.07, 6.45) is 3.57. The summed E-state index contributed by atoms with van der Waals surface area (Å²) >= 11 is 0. The van der Waals surface area contributed by atoms with Gasteiger partial charge in [0.25, 0.3) is 0 Å². The monoisotopic (exact) mass is 364 g/mol. The van der Waals surface area contributed by atoms with Gasteiger partial charge in [0, 0.05) is 62.6 Å². The summed E-state index contributed by atoms with van der Waals surface area (Å²) in [7, 11) is 1.78. The fraction of sp³-hybridized carbons (Fsp3) is 0.278. The number of piperazine rings is 1. The van der Waals surface area contributed by atoms with E-state index in [1.54, 1.807) is 24.1 Å². The van der Waals surface area contributed by atoms with Crippen molar-refractivity contribution in [3.63, 3.8) is 0 Å². The number of nitrogens with one attached hydrogen (secondary N) is 1. The second-order valence-electron chi connectivity index (χ2n) is 6.32. The Morgan fingerprint density at radius 2 is 1.85 bits per heavy atom. The number of rotatable bonds is 3. The number of carbonyl (C=O) groups is 1. The molecule has 0 unspecified atom stereocenters. The fourth-order valence-electron chi connectivity index (χ4n) is 3.14. The number of hydrogen-bond acceptors (Lipinski definition) is 6. The highest BCUT2D eigenvalue weighted by molar-refractivity contribution is 5.90. The van der Waals surface area contributed by atoms with E-state index in [1.807, 2.05) is 41.3 Å². The van der Waals surface area contributed by atoms with Crippen molar-refractivity contribution in [2.45, 2.75) is 0 Å². The molecule has 27 heavy (non-hydrogen) atoms. The molecule has 0 spiro atoms. The molecule has 1 saturated heterocycles. The molecule has 1 fully saturated rings. The molecule has 3 heterocycles. The minimum Gasteiger partial charge on any atom is -0.368 e. The summed E-state index contributed by atoms with van der Waals surface area (Å²) in [5, 5.41) is 14.5. The third-order valence-corrected chi connectivity index (χ3v) is 4.59. The van der Waals surface area contributed by atoms with Crippen LogP contribution in [-0.2, 0) is 7.05 Å². The summed E-state index contributed by atoms with van der Waals surface area (Å²) in [5.41, 5.74) is 2.70. The average molecular weight is 364 g/mol. The number of tetrazole rings is 1. The van der Waals surface area contributed by atoms with Gasteiger partial charge in [-0.05, 0) is 34.7 Å². The van der Waals surface area contributed by atoms with Crippen molar-refractivity contribution < 1.29 is 4.79 Å². The molecule has 0 atom stereocenters. The highest BCUT2D eigenvalue weighted by Crippen LogP contribution is 2.20. The number of aryl methyl sites for hydroxylation is 1. The average Bonchev–Trinajstić information content (AvgIpc) is 3.15. The number of benzene rings is 1. The first kappa shape index (κ1) is 17.0. The van der Waals surface area contributed by atoms with Gasteiger partial charge in [0.1, 0.15) is 0 Å². The number of amides is 2. The predicted molar refractivity (Wildman–Crippen MR) is 101 cm³/mol. The van der Waals surface area contributed by atoms with Gasteiger partial charge in [0.05, 0.1) is 0 Å². The number of urea groups is 1. The van der Waals surface area contributed by atoms with Crippen LogP contribution in [0.4, 0.5) is 16.2 Å². The van der Waals surface area contributed by atoms with Gasteiger partial charge in [-0.3, -0.25) is 4.98 Å². The Morgan fingerprint density at radius 1 is 1.07 bits per heavy atom. The number of anilines is 2. The van der Waals surface area contributed by atoms with Crippen molar-refractivity contribution in [2.24, 2.45) is 7.05 Å². The van der Waals surface area contributed by atoms with E-state index in [9.17, 15) is 4.79 Å². The molecule has 138 valence electrons. The van der Waals surface area contributed by atoms with Crippen LogP contribution in [0.3, 0.4) is 0 Å². The van der Waals surface area contributed by atoms with Gasteiger partial charge in [0.15, 0.2) is 5.82 Å². The summed E-state index contributed by atoms with van der Waals surface area (Å²) < 4.78 is 1.60. The van der Waals surface area contributed by atoms with E-state index in [1.165, 1.54) is 0 Å². The van der Waals surface area contributed by atoms with Crippen LogP contribution in [0.25, 0.3) is 11.4 Å². The molecular weight excluding hydrogens is 344 g/mol. The number of nitrogens with zero attached hydrogens (tertiary/aromatic N) is 7. The van der Waals surface area contributed by atoms with Crippen LogP contribution in [0.1, 0.15) is 0 Å². The zero-order chi connectivity index (χ0) is 18.6. The van der Waals surface area contributed by atoms with Gasteiger partial charge in [-0.2, -0.15) is 0 Å². The smallest absolute Gasteiger partial charge is 0.321 e. The molecule has 1 aromatic carbocycles. The van der Waals surface area contributed by atoms with E-state index in [2.05, 4.69) is 30.7 Å². The van der Waals surface area contributed by atoms with Crippen molar-refractivity contribution in [2.75, 3.05) is 36.4 Å². The van der Waals surface area contributed by atoms with Crippen molar-refractivity contribution in [3.05, 3.63) is 48.8 Å². The van der Waals surface area contributed by atoms with Crippen LogP contribution < -0.4 is 10.2 Å². The maximum atomic E-state index is 12.6. The lowest BCUT2D eigenvalue weighted by molar-refractivity contribution is 0.208. The molecule has 1 aliphatic rings. The van der Waals surface area contributed by atoms with Gasteiger partial charge in [-0.15, -0.1) is 5.10 Å². The topological polar surface area (TPSA) is 92.1 Å². The first-order valence-electron chi connectivity index (χ1n) is 8.74. The van der Waals surface area contributed by atoms with Crippen LogP contribution in [0.5, 0.6) is 0 Å². The molecular formula is C18H20N8O. The third-order valence-electron chi connectivity index (χ3n) is 4.59. The second-order valence-corrected chi connectivity index (χ2v) is 6.32. The molecule has 2 aromatic heterocycles. The number of hydrogen-bond donors (Lipinski definition) is 1. The van der Waals surface area contributed by atoms with Crippen LogP contribution in [0.2, 0.25) is 0 Å². The second kappa shape index (κ2) is 7.40. The third kappa shape index (κ3) is 3.71. The highest BCUT2D eigenvalue weighted by atomic mass is 16.2. The minimum absolute atomic E-state index is 0.0994. The summed E-state index contributed by atoms with van der Waals surface area (Å²) in [6.45, 7) is 2.92. The SMILES string of the molecule is Cn1nnnc1-c1cccc(NC(=O)N2CCN(c3ccncc3)CC2)c1. The lowest BCUT2D eigenvalue weighted by atomic mass is 10.2. The molecule has 0 radical (unpaired) electrons. The van der Waals surface area contributed by atoms with Crippen molar-refractivity contribution in [3.8, 4) is 11.4 Å². The van der Waals surface area contributed by atoms with Crippen LogP contribution in [0.15, 0.2) is 48.8 Å². The largest absolute Gasteiger partial charge is 0.368 e. The molecule has 9 nitrogen and oxygen atoms in total. The molecule has 9 heteroatoms. The number of pyridine rings is 1. The highest BCUT2D eigenvalue weighted by Gasteiger charge is 2.21. The van der Waals surface area contributed by atoms with Crippen molar-refractivity contribution >= 4 is 17.4 Å². The summed E-state index contributed by atoms with van der Waals surface area (Å²) in [4.78, 5) is 20.7. The Labute approximate surface area is 156 Å². The summed E-state index contributed by atoms with van der Waals surface area (Å²) in [6, 6.07) is 11.4. The number of carbonyl (C=O) groups excluding carboxylic acids is 1. The van der Waals surface area contributed by atoms with E-state index in [4.69, 9.17) is 0 Å². The normalized spacial score (nSPS) is 14.3. The van der Waals surface area contributed by atoms with E-state index in [-0.39, 0.29) is 6.03 Å². The van der Waals surface area contributed by atoms with Crippen molar-refractivity contribution in [1.29, 1.82) is 0 Å². The Bertz CT molecular complexity index is 918. The van der Waals surface area contributed by atoms with E-state index >= 15 is 0 Å². The molecule has 1 aliphatic heterocycles. The number of aromatic nitrogens is 5. The van der Waals surface area contributed by atoms with E-state index in [0.29, 0.717) is 18.9 Å².